The van der Waals surface area contributed by atoms with E-state index in [0.29, 0.717) is 11.5 Å². The van der Waals surface area contributed by atoms with Crippen LogP contribution in [0.1, 0.15) is 56.0 Å². The molecule has 1 aromatic carbocycles. The lowest BCUT2D eigenvalue weighted by Crippen LogP contribution is -2.28. The number of rotatable bonds is 3. The highest BCUT2D eigenvalue weighted by atomic mass is 17.2. The third-order valence-electron chi connectivity index (χ3n) is 3.68. The standard InChI is InChI=1S/C17H23O3/c1-12-5-7-14(8-6-12)16(18)20-19-15-9-13(2)10-17(3,4)11-15/h5-8,13H,9-11H2,1-4H3. The number of carbonyl (C=O) groups is 1. The fourth-order valence-corrected chi connectivity index (χ4v) is 2.98. The molecule has 109 valence electrons. The molecule has 1 fully saturated rings. The molecule has 0 heterocycles. The number of benzene rings is 1. The molecule has 2 rings (SSSR count). The van der Waals surface area contributed by atoms with Crippen LogP contribution in [0.15, 0.2) is 24.3 Å². The Bertz CT molecular complexity index is 462. The van der Waals surface area contributed by atoms with Crippen LogP contribution in [0, 0.1) is 24.4 Å². The van der Waals surface area contributed by atoms with Crippen LogP contribution in [0.3, 0.4) is 0 Å². The molecule has 0 aliphatic heterocycles. The van der Waals surface area contributed by atoms with Gasteiger partial charge in [0.1, 0.15) is 6.10 Å². The molecule has 0 N–H and O–H groups in total. The van der Waals surface area contributed by atoms with Crippen molar-refractivity contribution in [2.45, 2.75) is 47.0 Å². The molecule has 1 saturated carbocycles. The molecule has 0 saturated heterocycles. The first-order valence-corrected chi connectivity index (χ1v) is 7.16. The van der Waals surface area contributed by atoms with Crippen LogP contribution < -0.4 is 0 Å². The molecule has 20 heavy (non-hydrogen) atoms. The summed E-state index contributed by atoms with van der Waals surface area (Å²) in [5, 5.41) is 0. The second kappa shape index (κ2) is 5.96. The molecule has 3 nitrogen and oxygen atoms in total. The molecule has 1 atom stereocenters. The first kappa shape index (κ1) is 15.0. The van der Waals surface area contributed by atoms with Gasteiger partial charge in [-0.3, -0.25) is 4.89 Å². The summed E-state index contributed by atoms with van der Waals surface area (Å²) in [6.45, 7) is 8.61. The van der Waals surface area contributed by atoms with Crippen LogP contribution >= 0.6 is 0 Å². The van der Waals surface area contributed by atoms with Gasteiger partial charge in [0, 0.05) is 0 Å². The molecule has 3 heteroatoms. The first-order valence-electron chi connectivity index (χ1n) is 7.16. The monoisotopic (exact) mass is 275 g/mol. The van der Waals surface area contributed by atoms with Gasteiger partial charge in [-0.05, 0) is 49.7 Å². The van der Waals surface area contributed by atoms with E-state index < -0.39 is 5.97 Å². The average Bonchev–Trinajstić information content (AvgIpc) is 2.34. The van der Waals surface area contributed by atoms with E-state index in [4.69, 9.17) is 9.78 Å². The van der Waals surface area contributed by atoms with Crippen molar-refractivity contribution in [3.63, 3.8) is 0 Å². The van der Waals surface area contributed by atoms with E-state index in [0.717, 1.165) is 24.5 Å². The number of carbonyl (C=O) groups excluding carboxylic acids is 1. The Morgan fingerprint density at radius 1 is 1.25 bits per heavy atom. The van der Waals surface area contributed by atoms with E-state index in [1.165, 1.54) is 6.42 Å². The molecular weight excluding hydrogens is 252 g/mol. The van der Waals surface area contributed by atoms with Gasteiger partial charge in [0.15, 0.2) is 0 Å². The smallest absolute Gasteiger partial charge is 0.292 e. The van der Waals surface area contributed by atoms with E-state index in [-0.39, 0.29) is 5.41 Å². The maximum atomic E-state index is 11.9. The van der Waals surface area contributed by atoms with Gasteiger partial charge in [0.25, 0.3) is 0 Å². The van der Waals surface area contributed by atoms with Crippen LogP contribution in [-0.4, -0.2) is 5.97 Å². The van der Waals surface area contributed by atoms with Crippen molar-refractivity contribution in [1.29, 1.82) is 0 Å². The molecule has 1 radical (unpaired) electrons. The lowest BCUT2D eigenvalue weighted by molar-refractivity contribution is -0.245. The summed E-state index contributed by atoms with van der Waals surface area (Å²) in [5.41, 5.74) is 1.84. The number of hydrogen-bond donors (Lipinski definition) is 0. The maximum Gasteiger partial charge on any atom is 0.373 e. The minimum atomic E-state index is -0.437. The van der Waals surface area contributed by atoms with Crippen molar-refractivity contribution in [1.82, 2.24) is 0 Å². The van der Waals surface area contributed by atoms with Gasteiger partial charge in [-0.2, -0.15) is 4.89 Å². The van der Waals surface area contributed by atoms with Crippen molar-refractivity contribution >= 4 is 5.97 Å². The van der Waals surface area contributed by atoms with Gasteiger partial charge >= 0.3 is 5.97 Å². The Hall–Kier alpha value is -1.35. The molecule has 1 aliphatic rings. The Labute approximate surface area is 121 Å². The SMILES string of the molecule is Cc1ccc(C(=O)OO[C]2CC(C)CC(C)(C)C2)cc1. The molecule has 1 aliphatic carbocycles. The van der Waals surface area contributed by atoms with Crippen LogP contribution in [-0.2, 0) is 9.78 Å². The van der Waals surface area contributed by atoms with E-state index >= 15 is 0 Å². The number of aryl methyl sites for hydroxylation is 1. The fourth-order valence-electron chi connectivity index (χ4n) is 2.98. The lowest BCUT2D eigenvalue weighted by Gasteiger charge is -2.36. The molecule has 0 aromatic heterocycles. The zero-order valence-corrected chi connectivity index (χ0v) is 12.7. The molecule has 0 bridgehead atoms. The predicted molar refractivity (Wildman–Crippen MR) is 77.7 cm³/mol. The van der Waals surface area contributed by atoms with E-state index in [1.807, 2.05) is 19.1 Å². The summed E-state index contributed by atoms with van der Waals surface area (Å²) in [5.74, 6) is 0.125. The number of hydrogen-bond acceptors (Lipinski definition) is 3. The van der Waals surface area contributed by atoms with Gasteiger partial charge in [-0.25, -0.2) is 4.79 Å². The highest BCUT2D eigenvalue weighted by molar-refractivity contribution is 5.88. The Balaban J connectivity index is 1.88. The van der Waals surface area contributed by atoms with Gasteiger partial charge in [0.05, 0.1) is 5.56 Å². The first-order chi connectivity index (χ1) is 9.35. The summed E-state index contributed by atoms with van der Waals surface area (Å²) >= 11 is 0. The van der Waals surface area contributed by atoms with Crippen LogP contribution in [0.2, 0.25) is 0 Å². The largest absolute Gasteiger partial charge is 0.373 e. The summed E-state index contributed by atoms with van der Waals surface area (Å²) in [6, 6.07) is 7.27. The fraction of sp³-hybridized carbons (Fsp3) is 0.529. The molecule has 0 amide bonds. The van der Waals surface area contributed by atoms with Crippen molar-refractivity contribution in [2.75, 3.05) is 0 Å². The summed E-state index contributed by atoms with van der Waals surface area (Å²) in [7, 11) is 0. The second-order valence-electron chi connectivity index (χ2n) is 6.71. The van der Waals surface area contributed by atoms with Gasteiger partial charge in [-0.1, -0.05) is 38.5 Å². The van der Waals surface area contributed by atoms with Crippen molar-refractivity contribution < 1.29 is 14.6 Å². The second-order valence-corrected chi connectivity index (χ2v) is 6.71. The van der Waals surface area contributed by atoms with Gasteiger partial charge in [0.2, 0.25) is 0 Å². The molecule has 0 spiro atoms. The van der Waals surface area contributed by atoms with E-state index in [2.05, 4.69) is 20.8 Å². The van der Waals surface area contributed by atoms with Crippen LogP contribution in [0.5, 0.6) is 0 Å². The van der Waals surface area contributed by atoms with E-state index in [9.17, 15) is 4.79 Å². The topological polar surface area (TPSA) is 35.5 Å². The zero-order chi connectivity index (χ0) is 14.8. The highest BCUT2D eigenvalue weighted by Gasteiger charge is 2.34. The van der Waals surface area contributed by atoms with E-state index in [1.54, 1.807) is 12.1 Å². The molecule has 1 aromatic rings. The summed E-state index contributed by atoms with van der Waals surface area (Å²) < 4.78 is 0. The normalized spacial score (nSPS) is 22.5. The summed E-state index contributed by atoms with van der Waals surface area (Å²) in [4.78, 5) is 22.2. The molecular formula is C17H23O3. The van der Waals surface area contributed by atoms with Crippen molar-refractivity contribution in [2.24, 2.45) is 11.3 Å². The van der Waals surface area contributed by atoms with Crippen molar-refractivity contribution in [3.05, 3.63) is 41.5 Å². The van der Waals surface area contributed by atoms with Crippen LogP contribution in [0.4, 0.5) is 0 Å². The van der Waals surface area contributed by atoms with Gasteiger partial charge in [-0.15, -0.1) is 0 Å². The third kappa shape index (κ3) is 4.07. The zero-order valence-electron chi connectivity index (χ0n) is 12.7. The minimum Gasteiger partial charge on any atom is -0.292 e. The Morgan fingerprint density at radius 3 is 2.50 bits per heavy atom. The summed E-state index contributed by atoms with van der Waals surface area (Å²) in [6.07, 6.45) is 3.75. The lowest BCUT2D eigenvalue weighted by atomic mass is 9.71. The maximum absolute atomic E-state index is 11.9. The Morgan fingerprint density at radius 2 is 1.90 bits per heavy atom. The predicted octanol–water partition coefficient (Wildman–Crippen LogP) is 4.46. The Kier molecular flexibility index (Phi) is 4.48. The van der Waals surface area contributed by atoms with Gasteiger partial charge < -0.3 is 0 Å². The quantitative estimate of drug-likeness (QED) is 0.603. The minimum absolute atomic E-state index is 0.212. The average molecular weight is 275 g/mol. The highest BCUT2D eigenvalue weighted by Crippen LogP contribution is 2.43. The van der Waals surface area contributed by atoms with Crippen LogP contribution in [0.25, 0.3) is 0 Å². The third-order valence-corrected chi connectivity index (χ3v) is 3.68. The van der Waals surface area contributed by atoms with Crippen molar-refractivity contribution in [3.8, 4) is 0 Å². The molecule has 1 unspecified atom stereocenters.